The van der Waals surface area contributed by atoms with Gasteiger partial charge in [0.15, 0.2) is 0 Å². The van der Waals surface area contributed by atoms with Gasteiger partial charge in [0.1, 0.15) is 5.75 Å². The van der Waals surface area contributed by atoms with E-state index in [1.165, 1.54) is 0 Å². The molecule has 2 aliphatic heterocycles. The van der Waals surface area contributed by atoms with E-state index in [0.717, 1.165) is 28.0 Å². The van der Waals surface area contributed by atoms with Gasteiger partial charge in [-0.05, 0) is 30.3 Å². The Kier molecular flexibility index (Phi) is 1.96. The van der Waals surface area contributed by atoms with Crippen LogP contribution in [-0.4, -0.2) is 17.1 Å². The van der Waals surface area contributed by atoms with Gasteiger partial charge in [-0.1, -0.05) is 6.07 Å². The van der Waals surface area contributed by atoms with E-state index in [1.807, 2.05) is 36.4 Å². The van der Waals surface area contributed by atoms with Crippen LogP contribution in [0.4, 0.5) is 0 Å². The molecule has 1 aromatic rings. The minimum atomic E-state index is 0.829. The first-order valence-corrected chi connectivity index (χ1v) is 5.07. The van der Waals surface area contributed by atoms with Gasteiger partial charge in [-0.15, -0.1) is 0 Å². The zero-order valence-corrected chi connectivity index (χ0v) is 8.84. The molecule has 0 saturated heterocycles. The van der Waals surface area contributed by atoms with Crippen LogP contribution in [0.1, 0.15) is 0 Å². The van der Waals surface area contributed by atoms with E-state index >= 15 is 0 Å². The van der Waals surface area contributed by atoms with Crippen LogP contribution < -0.4 is 4.74 Å². The standard InChI is InChI=1S/C13H10N2O/c1-16-9-5-6-11-10(8-9)13-12(15-11)4-2-3-7-14-13/h2-8H,1H3. The predicted molar refractivity (Wildman–Crippen MR) is 62.7 cm³/mol. The maximum atomic E-state index is 5.21. The average Bonchev–Trinajstić information content (AvgIpc) is 2.50. The van der Waals surface area contributed by atoms with Crippen LogP contribution in [0.25, 0.3) is 22.3 Å². The monoisotopic (exact) mass is 210 g/mol. The predicted octanol–water partition coefficient (Wildman–Crippen LogP) is 2.74. The SMILES string of the molecule is COc1ccc2nc3ccccnc-3c2c1. The molecule has 2 aliphatic rings. The summed E-state index contributed by atoms with van der Waals surface area (Å²) < 4.78 is 5.21. The van der Waals surface area contributed by atoms with Gasteiger partial charge in [0.2, 0.25) is 0 Å². The molecular weight excluding hydrogens is 200 g/mol. The minimum Gasteiger partial charge on any atom is -0.497 e. The second-order valence-electron chi connectivity index (χ2n) is 3.56. The fourth-order valence-electron chi connectivity index (χ4n) is 1.82. The Morgan fingerprint density at radius 2 is 2.06 bits per heavy atom. The van der Waals surface area contributed by atoms with Crippen molar-refractivity contribution in [2.75, 3.05) is 7.11 Å². The molecule has 0 amide bonds. The Hall–Kier alpha value is -2.16. The van der Waals surface area contributed by atoms with Gasteiger partial charge in [-0.2, -0.15) is 0 Å². The van der Waals surface area contributed by atoms with Crippen molar-refractivity contribution in [3.8, 4) is 17.1 Å². The van der Waals surface area contributed by atoms with Crippen molar-refractivity contribution in [3.05, 3.63) is 42.6 Å². The Labute approximate surface area is 93.1 Å². The van der Waals surface area contributed by atoms with Crippen LogP contribution in [0.5, 0.6) is 5.75 Å². The van der Waals surface area contributed by atoms with E-state index in [2.05, 4.69) is 9.97 Å². The Bertz CT molecular complexity index is 621. The third-order valence-electron chi connectivity index (χ3n) is 2.60. The summed E-state index contributed by atoms with van der Waals surface area (Å²) in [6.45, 7) is 0. The number of hydrogen-bond acceptors (Lipinski definition) is 3. The molecule has 3 heteroatoms. The third-order valence-corrected chi connectivity index (χ3v) is 2.60. The molecule has 0 unspecified atom stereocenters. The lowest BCUT2D eigenvalue weighted by Gasteiger charge is -1.98. The lowest BCUT2D eigenvalue weighted by atomic mass is 10.2. The number of rotatable bonds is 1. The maximum absolute atomic E-state index is 5.21. The van der Waals surface area contributed by atoms with E-state index in [9.17, 15) is 0 Å². The molecule has 0 bridgehead atoms. The highest BCUT2D eigenvalue weighted by Gasteiger charge is 2.11. The highest BCUT2D eigenvalue weighted by atomic mass is 16.5. The molecule has 16 heavy (non-hydrogen) atoms. The van der Waals surface area contributed by atoms with Crippen molar-refractivity contribution in [1.82, 2.24) is 9.97 Å². The summed E-state index contributed by atoms with van der Waals surface area (Å²) in [5.74, 6) is 0.829. The molecule has 0 atom stereocenters. The van der Waals surface area contributed by atoms with Crippen LogP contribution in [-0.2, 0) is 0 Å². The smallest absolute Gasteiger partial charge is 0.119 e. The molecular formula is C13H10N2O. The number of benzene rings is 1. The van der Waals surface area contributed by atoms with Crippen molar-refractivity contribution in [2.45, 2.75) is 0 Å². The number of aromatic nitrogens is 2. The molecule has 3 rings (SSSR count). The van der Waals surface area contributed by atoms with E-state index in [-0.39, 0.29) is 0 Å². The van der Waals surface area contributed by atoms with Crippen molar-refractivity contribution in [2.24, 2.45) is 0 Å². The van der Waals surface area contributed by atoms with Gasteiger partial charge in [0, 0.05) is 11.6 Å². The molecule has 0 spiro atoms. The first-order chi connectivity index (χ1) is 7.88. The molecule has 0 N–H and O–H groups in total. The number of fused-ring (bicyclic) bond motifs is 3. The summed E-state index contributed by atoms with van der Waals surface area (Å²) in [5.41, 5.74) is 2.78. The molecule has 1 aromatic carbocycles. The molecule has 0 aliphatic carbocycles. The van der Waals surface area contributed by atoms with E-state index in [4.69, 9.17) is 4.74 Å². The fraction of sp³-hybridized carbons (Fsp3) is 0.0769. The molecule has 3 nitrogen and oxygen atoms in total. The normalized spacial score (nSPS) is 10.8. The first kappa shape index (κ1) is 9.09. The Morgan fingerprint density at radius 3 is 2.94 bits per heavy atom. The van der Waals surface area contributed by atoms with E-state index in [0.29, 0.717) is 0 Å². The van der Waals surface area contributed by atoms with E-state index < -0.39 is 0 Å². The van der Waals surface area contributed by atoms with Crippen molar-refractivity contribution in [3.63, 3.8) is 0 Å². The van der Waals surface area contributed by atoms with Gasteiger partial charge in [0.25, 0.3) is 0 Å². The van der Waals surface area contributed by atoms with Crippen molar-refractivity contribution >= 4 is 10.9 Å². The highest BCUT2D eigenvalue weighted by Crippen LogP contribution is 2.30. The van der Waals surface area contributed by atoms with Crippen LogP contribution in [0.15, 0.2) is 42.6 Å². The van der Waals surface area contributed by atoms with Crippen molar-refractivity contribution < 1.29 is 4.74 Å². The van der Waals surface area contributed by atoms with Gasteiger partial charge in [0.05, 0.1) is 24.0 Å². The summed E-state index contributed by atoms with van der Waals surface area (Å²) in [7, 11) is 1.66. The first-order valence-electron chi connectivity index (χ1n) is 5.07. The summed E-state index contributed by atoms with van der Waals surface area (Å²) in [6, 6.07) is 11.6. The van der Waals surface area contributed by atoms with Crippen LogP contribution in [0.2, 0.25) is 0 Å². The summed E-state index contributed by atoms with van der Waals surface area (Å²) in [6.07, 6.45) is 1.78. The zero-order valence-electron chi connectivity index (χ0n) is 8.84. The number of nitrogens with zero attached hydrogens (tertiary/aromatic N) is 2. The minimum absolute atomic E-state index is 0.829. The summed E-state index contributed by atoms with van der Waals surface area (Å²) in [5, 5.41) is 1.03. The second-order valence-corrected chi connectivity index (χ2v) is 3.56. The number of methoxy groups -OCH3 is 1. The lowest BCUT2D eigenvalue weighted by Crippen LogP contribution is -1.81. The highest BCUT2D eigenvalue weighted by molar-refractivity contribution is 5.95. The molecule has 0 fully saturated rings. The molecule has 78 valence electrons. The van der Waals surface area contributed by atoms with Crippen LogP contribution in [0.3, 0.4) is 0 Å². The van der Waals surface area contributed by atoms with E-state index in [1.54, 1.807) is 13.3 Å². The summed E-state index contributed by atoms with van der Waals surface area (Å²) >= 11 is 0. The molecule has 0 radical (unpaired) electrons. The van der Waals surface area contributed by atoms with Gasteiger partial charge >= 0.3 is 0 Å². The maximum Gasteiger partial charge on any atom is 0.119 e. The van der Waals surface area contributed by atoms with Gasteiger partial charge < -0.3 is 4.74 Å². The number of hydrogen-bond donors (Lipinski definition) is 0. The third kappa shape index (κ3) is 1.29. The number of ether oxygens (including phenoxy) is 1. The topological polar surface area (TPSA) is 35.0 Å². The van der Waals surface area contributed by atoms with Crippen LogP contribution >= 0.6 is 0 Å². The second kappa shape index (κ2) is 3.45. The Morgan fingerprint density at radius 1 is 1.12 bits per heavy atom. The zero-order chi connectivity index (χ0) is 11.0. The average molecular weight is 210 g/mol. The molecule has 2 heterocycles. The van der Waals surface area contributed by atoms with Gasteiger partial charge in [-0.25, -0.2) is 4.98 Å². The van der Waals surface area contributed by atoms with Crippen molar-refractivity contribution in [1.29, 1.82) is 0 Å². The Balaban J connectivity index is 2.39. The fourth-order valence-corrected chi connectivity index (χ4v) is 1.82. The van der Waals surface area contributed by atoms with Gasteiger partial charge in [-0.3, -0.25) is 4.98 Å². The molecule has 0 aromatic heterocycles. The largest absolute Gasteiger partial charge is 0.497 e. The lowest BCUT2D eigenvalue weighted by molar-refractivity contribution is 0.415. The molecule has 0 saturated carbocycles. The van der Waals surface area contributed by atoms with Crippen LogP contribution in [0, 0.1) is 0 Å². The quantitative estimate of drug-likeness (QED) is 0.619. The summed E-state index contributed by atoms with van der Waals surface area (Å²) in [4.78, 5) is 8.90.